The molecule has 0 aliphatic carbocycles. The Balaban J connectivity index is 0.00000400. The maximum atomic E-state index is 11.4. The molecule has 1 rings (SSSR count). The molecule has 0 atom stereocenters. The molecular formula is C13H26IN5O2. The lowest BCUT2D eigenvalue weighted by Crippen LogP contribution is -2.44. The second kappa shape index (κ2) is 10.6. The molecule has 0 bridgehead atoms. The number of hydrogen-bond donors (Lipinski definition) is 3. The minimum absolute atomic E-state index is 0. The van der Waals surface area contributed by atoms with Crippen molar-refractivity contribution in [2.24, 2.45) is 10.9 Å². The highest BCUT2D eigenvalue weighted by Gasteiger charge is 2.27. The molecule has 7 nitrogen and oxygen atoms in total. The molecule has 0 aromatic heterocycles. The van der Waals surface area contributed by atoms with E-state index in [1.165, 1.54) is 4.90 Å². The van der Waals surface area contributed by atoms with Crippen molar-refractivity contribution in [2.45, 2.75) is 26.7 Å². The highest BCUT2D eigenvalue weighted by molar-refractivity contribution is 14.0. The molecule has 1 saturated heterocycles. The van der Waals surface area contributed by atoms with E-state index in [0.717, 1.165) is 19.4 Å². The summed E-state index contributed by atoms with van der Waals surface area (Å²) in [5.74, 6) is 1.14. The van der Waals surface area contributed by atoms with Crippen molar-refractivity contribution in [1.29, 1.82) is 0 Å². The molecule has 21 heavy (non-hydrogen) atoms. The zero-order valence-corrected chi connectivity index (χ0v) is 15.3. The van der Waals surface area contributed by atoms with Crippen molar-refractivity contribution in [1.82, 2.24) is 20.9 Å². The van der Waals surface area contributed by atoms with Gasteiger partial charge < -0.3 is 16.0 Å². The number of imide groups is 1. The topological polar surface area (TPSA) is 85.8 Å². The molecule has 0 spiro atoms. The van der Waals surface area contributed by atoms with Crippen molar-refractivity contribution >= 4 is 41.9 Å². The first-order chi connectivity index (χ1) is 9.62. The van der Waals surface area contributed by atoms with E-state index in [9.17, 15) is 9.59 Å². The number of guanidine groups is 1. The molecule has 3 N–H and O–H groups in total. The van der Waals surface area contributed by atoms with E-state index in [1.807, 2.05) is 0 Å². The number of hydrogen-bond acceptors (Lipinski definition) is 3. The number of nitrogens with zero attached hydrogens (tertiary/aromatic N) is 2. The number of rotatable bonds is 7. The van der Waals surface area contributed by atoms with Gasteiger partial charge in [0.1, 0.15) is 0 Å². The summed E-state index contributed by atoms with van der Waals surface area (Å²) in [4.78, 5) is 28.1. The van der Waals surface area contributed by atoms with Gasteiger partial charge in [-0.3, -0.25) is 14.7 Å². The van der Waals surface area contributed by atoms with Gasteiger partial charge in [-0.05, 0) is 5.92 Å². The van der Waals surface area contributed by atoms with Crippen LogP contribution in [0.4, 0.5) is 4.79 Å². The molecule has 122 valence electrons. The SMILES string of the molecule is CCC(CC)CNC(=NC)NCCN1C(=O)CNC1=O.I. The molecule has 0 aromatic rings. The largest absolute Gasteiger partial charge is 0.356 e. The zero-order chi connectivity index (χ0) is 15.0. The minimum Gasteiger partial charge on any atom is -0.356 e. The van der Waals surface area contributed by atoms with Gasteiger partial charge in [0.25, 0.3) is 0 Å². The lowest BCUT2D eigenvalue weighted by atomic mass is 10.0. The molecular weight excluding hydrogens is 385 g/mol. The fraction of sp³-hybridized carbons (Fsp3) is 0.769. The molecule has 1 aliphatic rings. The zero-order valence-electron chi connectivity index (χ0n) is 12.9. The van der Waals surface area contributed by atoms with Crippen LogP contribution in [0, 0.1) is 5.92 Å². The van der Waals surface area contributed by atoms with Crippen molar-refractivity contribution in [2.75, 3.05) is 33.2 Å². The first-order valence-electron chi connectivity index (χ1n) is 7.15. The van der Waals surface area contributed by atoms with Gasteiger partial charge in [-0.15, -0.1) is 24.0 Å². The first-order valence-corrected chi connectivity index (χ1v) is 7.15. The number of aliphatic imine (C=N–C) groups is 1. The molecule has 0 unspecified atom stereocenters. The van der Waals surface area contributed by atoms with Crippen LogP contribution < -0.4 is 16.0 Å². The fourth-order valence-electron chi connectivity index (χ4n) is 2.01. The molecule has 1 aliphatic heterocycles. The summed E-state index contributed by atoms with van der Waals surface area (Å²) in [7, 11) is 1.70. The summed E-state index contributed by atoms with van der Waals surface area (Å²) in [6.45, 7) is 6.14. The van der Waals surface area contributed by atoms with Gasteiger partial charge in [-0.1, -0.05) is 26.7 Å². The summed E-state index contributed by atoms with van der Waals surface area (Å²) in [5.41, 5.74) is 0. The van der Waals surface area contributed by atoms with Crippen LogP contribution in [-0.2, 0) is 4.79 Å². The molecule has 8 heteroatoms. The normalized spacial score (nSPS) is 15.0. The van der Waals surface area contributed by atoms with Crippen LogP contribution in [0.25, 0.3) is 0 Å². The van der Waals surface area contributed by atoms with Gasteiger partial charge >= 0.3 is 6.03 Å². The third kappa shape index (κ3) is 6.49. The van der Waals surface area contributed by atoms with Gasteiger partial charge in [0.15, 0.2) is 5.96 Å². The second-order valence-electron chi connectivity index (χ2n) is 4.77. The number of carbonyl (C=O) groups excluding carboxylic acids is 2. The van der Waals surface area contributed by atoms with Crippen LogP contribution in [0.3, 0.4) is 0 Å². The highest BCUT2D eigenvalue weighted by Crippen LogP contribution is 2.04. The van der Waals surface area contributed by atoms with E-state index in [1.54, 1.807) is 7.05 Å². The number of carbonyl (C=O) groups is 2. The van der Waals surface area contributed by atoms with Crippen molar-refractivity contribution < 1.29 is 9.59 Å². The quantitative estimate of drug-likeness (QED) is 0.250. The van der Waals surface area contributed by atoms with Crippen LogP contribution in [0.15, 0.2) is 4.99 Å². The second-order valence-corrected chi connectivity index (χ2v) is 4.77. The van der Waals surface area contributed by atoms with Gasteiger partial charge in [0.05, 0.1) is 6.54 Å². The summed E-state index contributed by atoms with van der Waals surface area (Å²) in [6.07, 6.45) is 2.26. The number of urea groups is 1. The molecule has 1 heterocycles. The van der Waals surface area contributed by atoms with E-state index in [-0.39, 0.29) is 42.5 Å². The van der Waals surface area contributed by atoms with E-state index >= 15 is 0 Å². The smallest absolute Gasteiger partial charge is 0.324 e. The van der Waals surface area contributed by atoms with Crippen LogP contribution >= 0.6 is 24.0 Å². The standard InChI is InChI=1S/C13H25N5O2.HI/c1-4-10(5-2)8-16-12(14-3)15-6-7-18-11(19)9-17-13(18)20;/h10H,4-9H2,1-3H3,(H,17,20)(H2,14,15,16);1H. The summed E-state index contributed by atoms with van der Waals surface area (Å²) < 4.78 is 0. The maximum absolute atomic E-state index is 11.4. The van der Waals surface area contributed by atoms with Gasteiger partial charge in [-0.25, -0.2) is 4.79 Å². The Morgan fingerprint density at radius 3 is 2.48 bits per heavy atom. The Morgan fingerprint density at radius 2 is 2.00 bits per heavy atom. The molecule has 0 aromatic carbocycles. The fourth-order valence-corrected chi connectivity index (χ4v) is 2.01. The van der Waals surface area contributed by atoms with Crippen molar-refractivity contribution in [3.05, 3.63) is 0 Å². The van der Waals surface area contributed by atoms with Gasteiger partial charge in [0, 0.05) is 26.7 Å². The summed E-state index contributed by atoms with van der Waals surface area (Å²) >= 11 is 0. The van der Waals surface area contributed by atoms with E-state index in [0.29, 0.717) is 25.0 Å². The van der Waals surface area contributed by atoms with Crippen LogP contribution in [0.1, 0.15) is 26.7 Å². The van der Waals surface area contributed by atoms with E-state index < -0.39 is 0 Å². The molecule has 0 radical (unpaired) electrons. The Kier molecular flexibility index (Phi) is 10.1. The van der Waals surface area contributed by atoms with E-state index in [4.69, 9.17) is 0 Å². The van der Waals surface area contributed by atoms with E-state index in [2.05, 4.69) is 34.8 Å². The van der Waals surface area contributed by atoms with Crippen LogP contribution in [0.5, 0.6) is 0 Å². The average Bonchev–Trinajstić information content (AvgIpc) is 2.77. The first kappa shape index (κ1) is 19.9. The maximum Gasteiger partial charge on any atom is 0.324 e. The third-order valence-electron chi connectivity index (χ3n) is 3.50. The number of nitrogens with one attached hydrogen (secondary N) is 3. The van der Waals surface area contributed by atoms with Crippen molar-refractivity contribution in [3.8, 4) is 0 Å². The summed E-state index contributed by atoms with van der Waals surface area (Å²) in [6, 6.07) is -0.322. The predicted molar refractivity (Wildman–Crippen MR) is 94.0 cm³/mol. The average molecular weight is 411 g/mol. The molecule has 0 saturated carbocycles. The lowest BCUT2D eigenvalue weighted by molar-refractivity contribution is -0.124. The molecule has 1 fully saturated rings. The highest BCUT2D eigenvalue weighted by atomic mass is 127. The van der Waals surface area contributed by atoms with Crippen LogP contribution in [-0.4, -0.2) is 56.0 Å². The van der Waals surface area contributed by atoms with Gasteiger partial charge in [-0.2, -0.15) is 0 Å². The minimum atomic E-state index is -0.322. The van der Waals surface area contributed by atoms with Gasteiger partial charge in [0.2, 0.25) is 5.91 Å². The molecule has 3 amide bonds. The number of halogens is 1. The third-order valence-corrected chi connectivity index (χ3v) is 3.50. The predicted octanol–water partition coefficient (Wildman–Crippen LogP) is 0.757. The Bertz CT molecular complexity index is 356. The van der Waals surface area contributed by atoms with Crippen LogP contribution in [0.2, 0.25) is 0 Å². The monoisotopic (exact) mass is 411 g/mol. The number of amides is 3. The Hall–Kier alpha value is -1.06. The summed E-state index contributed by atoms with van der Waals surface area (Å²) in [5, 5.41) is 8.85. The lowest BCUT2D eigenvalue weighted by Gasteiger charge is -2.18. The van der Waals surface area contributed by atoms with Crippen molar-refractivity contribution in [3.63, 3.8) is 0 Å². The Labute approximate surface area is 143 Å². The Morgan fingerprint density at radius 1 is 1.33 bits per heavy atom.